The highest BCUT2D eigenvalue weighted by Gasteiger charge is 2.28. The number of amides is 1. The van der Waals surface area contributed by atoms with E-state index >= 15 is 0 Å². The van der Waals surface area contributed by atoms with Crippen LogP contribution in [0.1, 0.15) is 23.6 Å². The number of aromatic nitrogens is 2. The largest absolute Gasteiger partial charge is 0.324 e. The number of para-hydroxylation sites is 1. The highest BCUT2D eigenvalue weighted by atomic mass is 32.2. The SMILES string of the molecule is CCc1cccc(C)c1NC(=O)[C@H](Cc1ccccc1)NS(=O)(=O)c1cccc2nsnc12. The lowest BCUT2D eigenvalue weighted by Crippen LogP contribution is -2.45. The van der Waals surface area contributed by atoms with Gasteiger partial charge in [0.2, 0.25) is 15.9 Å². The van der Waals surface area contributed by atoms with Crippen molar-refractivity contribution in [1.82, 2.24) is 13.5 Å². The molecule has 170 valence electrons. The van der Waals surface area contributed by atoms with Crippen LogP contribution in [0.4, 0.5) is 5.69 Å². The van der Waals surface area contributed by atoms with Gasteiger partial charge in [-0.3, -0.25) is 4.79 Å². The first-order valence-corrected chi connectivity index (χ1v) is 12.8. The summed E-state index contributed by atoms with van der Waals surface area (Å²) in [4.78, 5) is 13.4. The van der Waals surface area contributed by atoms with Crippen LogP contribution >= 0.6 is 11.7 Å². The molecule has 0 fully saturated rings. The predicted octanol–water partition coefficient (Wildman–Crippen LogP) is 4.09. The Morgan fingerprint density at radius 2 is 1.76 bits per heavy atom. The number of rotatable bonds is 8. The van der Waals surface area contributed by atoms with E-state index < -0.39 is 22.0 Å². The maximum absolute atomic E-state index is 13.4. The van der Waals surface area contributed by atoms with Crippen molar-refractivity contribution in [2.45, 2.75) is 37.6 Å². The number of fused-ring (bicyclic) bond motifs is 1. The molecule has 0 aliphatic heterocycles. The third-order valence-corrected chi connectivity index (χ3v) is 7.47. The Hall–Kier alpha value is -3.14. The number of anilines is 1. The minimum Gasteiger partial charge on any atom is -0.324 e. The Labute approximate surface area is 197 Å². The van der Waals surface area contributed by atoms with E-state index in [1.165, 1.54) is 6.07 Å². The molecule has 4 rings (SSSR count). The molecule has 2 N–H and O–H groups in total. The molecule has 9 heteroatoms. The van der Waals surface area contributed by atoms with Gasteiger partial charge in [-0.1, -0.05) is 61.5 Å². The third kappa shape index (κ3) is 5.11. The van der Waals surface area contributed by atoms with Gasteiger partial charge in [-0.05, 0) is 48.6 Å². The van der Waals surface area contributed by atoms with Crippen LogP contribution < -0.4 is 10.0 Å². The highest BCUT2D eigenvalue weighted by Crippen LogP contribution is 2.24. The first kappa shape index (κ1) is 23.0. The van der Waals surface area contributed by atoms with E-state index in [-0.39, 0.29) is 11.3 Å². The number of hydrogen-bond donors (Lipinski definition) is 2. The summed E-state index contributed by atoms with van der Waals surface area (Å²) in [5, 5.41) is 2.96. The molecule has 0 bridgehead atoms. The van der Waals surface area contributed by atoms with Gasteiger partial charge in [0, 0.05) is 5.69 Å². The Balaban J connectivity index is 1.68. The standard InChI is InChI=1S/C24H24N4O3S2/c1-3-18-12-7-9-16(2)22(18)25-24(29)20(15-17-10-5-4-6-11-17)28-33(30,31)21-14-8-13-19-23(21)27-32-26-19/h4-14,20,28H,3,15H2,1-2H3,(H,25,29)/t20-/m0/s1. The van der Waals surface area contributed by atoms with Crippen LogP contribution in [0.5, 0.6) is 0 Å². The number of hydrogen-bond acceptors (Lipinski definition) is 6. The third-order valence-electron chi connectivity index (χ3n) is 5.42. The van der Waals surface area contributed by atoms with Crippen molar-refractivity contribution < 1.29 is 13.2 Å². The number of carbonyl (C=O) groups is 1. The Morgan fingerprint density at radius 3 is 2.52 bits per heavy atom. The molecule has 3 aromatic carbocycles. The Morgan fingerprint density at radius 1 is 1.00 bits per heavy atom. The van der Waals surface area contributed by atoms with Crippen LogP contribution in [-0.2, 0) is 27.7 Å². The molecule has 1 aromatic heterocycles. The smallest absolute Gasteiger partial charge is 0.243 e. The molecule has 0 radical (unpaired) electrons. The van der Waals surface area contributed by atoms with Gasteiger partial charge in [-0.15, -0.1) is 0 Å². The fourth-order valence-corrected chi connectivity index (χ4v) is 5.66. The minimum absolute atomic E-state index is 0.00440. The van der Waals surface area contributed by atoms with Crippen molar-refractivity contribution in [3.8, 4) is 0 Å². The first-order valence-electron chi connectivity index (χ1n) is 10.6. The van der Waals surface area contributed by atoms with Crippen molar-refractivity contribution >= 4 is 44.4 Å². The van der Waals surface area contributed by atoms with Crippen molar-refractivity contribution in [3.05, 3.63) is 83.4 Å². The fourth-order valence-electron chi connectivity index (χ4n) is 3.70. The average Bonchev–Trinajstić information content (AvgIpc) is 3.29. The quantitative estimate of drug-likeness (QED) is 0.396. The van der Waals surface area contributed by atoms with Crippen molar-refractivity contribution in [3.63, 3.8) is 0 Å². The maximum atomic E-state index is 13.4. The molecule has 0 spiro atoms. The minimum atomic E-state index is -4.05. The van der Waals surface area contributed by atoms with Gasteiger partial charge >= 0.3 is 0 Å². The van der Waals surface area contributed by atoms with Gasteiger partial charge in [-0.25, -0.2) is 8.42 Å². The normalized spacial score (nSPS) is 12.5. The summed E-state index contributed by atoms with van der Waals surface area (Å²) in [5.41, 5.74) is 4.26. The second kappa shape index (κ2) is 9.78. The van der Waals surface area contributed by atoms with Gasteiger partial charge in [-0.2, -0.15) is 13.5 Å². The molecule has 4 aromatic rings. The van der Waals surface area contributed by atoms with Gasteiger partial charge in [0.15, 0.2) is 0 Å². The van der Waals surface area contributed by atoms with Crippen molar-refractivity contribution in [2.24, 2.45) is 0 Å². The van der Waals surface area contributed by atoms with Crippen molar-refractivity contribution in [1.29, 1.82) is 0 Å². The van der Waals surface area contributed by atoms with Gasteiger partial charge in [0.05, 0.1) is 11.7 Å². The monoisotopic (exact) mass is 480 g/mol. The Kier molecular flexibility index (Phi) is 6.83. The number of nitrogens with zero attached hydrogens (tertiary/aromatic N) is 2. The van der Waals surface area contributed by atoms with E-state index in [1.54, 1.807) is 12.1 Å². The molecular formula is C24H24N4O3S2. The summed E-state index contributed by atoms with van der Waals surface area (Å²) in [5.74, 6) is -0.421. The summed E-state index contributed by atoms with van der Waals surface area (Å²) in [6.45, 7) is 3.93. The van der Waals surface area contributed by atoms with Gasteiger partial charge in [0.25, 0.3) is 0 Å². The summed E-state index contributed by atoms with van der Waals surface area (Å²) >= 11 is 0.947. The van der Waals surface area contributed by atoms with Gasteiger partial charge < -0.3 is 5.32 Å². The summed E-state index contributed by atoms with van der Waals surface area (Å²) in [6.07, 6.45) is 0.940. The van der Waals surface area contributed by atoms with Crippen LogP contribution in [0, 0.1) is 6.92 Å². The lowest BCUT2D eigenvalue weighted by Gasteiger charge is -2.21. The predicted molar refractivity (Wildman–Crippen MR) is 131 cm³/mol. The molecular weight excluding hydrogens is 456 g/mol. The number of nitrogens with one attached hydrogen (secondary N) is 2. The zero-order valence-electron chi connectivity index (χ0n) is 18.3. The summed E-state index contributed by atoms with van der Waals surface area (Å²) in [7, 11) is -4.05. The molecule has 0 aliphatic rings. The topological polar surface area (TPSA) is 101 Å². The molecule has 1 amide bonds. The fraction of sp³-hybridized carbons (Fsp3) is 0.208. The zero-order valence-corrected chi connectivity index (χ0v) is 19.9. The molecule has 1 heterocycles. The summed E-state index contributed by atoms with van der Waals surface area (Å²) < 4.78 is 37.5. The molecule has 33 heavy (non-hydrogen) atoms. The van der Waals surface area contributed by atoms with Gasteiger partial charge in [0.1, 0.15) is 22.0 Å². The second-order valence-corrected chi connectivity index (χ2v) is 9.91. The molecule has 1 atom stereocenters. The van der Waals surface area contributed by atoms with Crippen LogP contribution in [0.25, 0.3) is 11.0 Å². The Bertz CT molecular complexity index is 1390. The number of benzene rings is 3. The second-order valence-electron chi connectivity index (χ2n) is 7.70. The molecule has 0 unspecified atom stereocenters. The number of carbonyl (C=O) groups excluding carboxylic acids is 1. The van der Waals surface area contributed by atoms with E-state index in [2.05, 4.69) is 18.8 Å². The first-order chi connectivity index (χ1) is 15.9. The lowest BCUT2D eigenvalue weighted by atomic mass is 10.0. The van der Waals surface area contributed by atoms with Crippen LogP contribution in [0.2, 0.25) is 0 Å². The number of sulfonamides is 1. The zero-order chi connectivity index (χ0) is 23.4. The maximum Gasteiger partial charge on any atom is 0.243 e. The van der Waals surface area contributed by atoms with E-state index in [9.17, 15) is 13.2 Å². The van der Waals surface area contributed by atoms with E-state index in [1.807, 2.05) is 62.4 Å². The van der Waals surface area contributed by atoms with Crippen LogP contribution in [-0.4, -0.2) is 29.1 Å². The highest BCUT2D eigenvalue weighted by molar-refractivity contribution is 7.89. The molecule has 0 aliphatic carbocycles. The molecule has 0 saturated carbocycles. The van der Waals surface area contributed by atoms with Crippen LogP contribution in [0.15, 0.2) is 71.6 Å². The average molecular weight is 481 g/mol. The lowest BCUT2D eigenvalue weighted by molar-refractivity contribution is -0.117. The van der Waals surface area contributed by atoms with E-state index in [4.69, 9.17) is 0 Å². The van der Waals surface area contributed by atoms with E-state index in [0.717, 1.165) is 34.8 Å². The molecule has 0 saturated heterocycles. The van der Waals surface area contributed by atoms with Crippen molar-refractivity contribution in [2.75, 3.05) is 5.32 Å². The van der Waals surface area contributed by atoms with Crippen LogP contribution in [0.3, 0.4) is 0 Å². The summed E-state index contributed by atoms with van der Waals surface area (Å²) in [6, 6.07) is 18.9. The number of aryl methyl sites for hydroxylation is 2. The van der Waals surface area contributed by atoms with E-state index in [0.29, 0.717) is 16.7 Å². The molecule has 7 nitrogen and oxygen atoms in total.